The van der Waals surface area contributed by atoms with Crippen molar-refractivity contribution in [1.29, 1.82) is 0 Å². The van der Waals surface area contributed by atoms with Crippen molar-refractivity contribution in [3.63, 3.8) is 0 Å². The fraction of sp³-hybridized carbons (Fsp3) is 0.583. The normalized spacial score (nSPS) is 12.5. The van der Waals surface area contributed by atoms with Crippen molar-refractivity contribution in [2.24, 2.45) is 0 Å². The Morgan fingerprint density at radius 3 is 2.53 bits per heavy atom. The second kappa shape index (κ2) is 6.08. The van der Waals surface area contributed by atoms with Crippen molar-refractivity contribution in [2.45, 2.75) is 38.0 Å². The van der Waals surface area contributed by atoms with Crippen LogP contribution < -0.4 is 0 Å². The second-order valence-corrected chi connectivity index (χ2v) is 4.16. The van der Waals surface area contributed by atoms with E-state index in [1.807, 2.05) is 0 Å². The Balaban J connectivity index is 2.20. The van der Waals surface area contributed by atoms with Gasteiger partial charge in [-0.25, -0.2) is 13.6 Å². The number of furan rings is 1. The topological polar surface area (TPSA) is 39.4 Å². The van der Waals surface area contributed by atoms with Crippen LogP contribution in [0.25, 0.3) is 0 Å². The van der Waals surface area contributed by atoms with Crippen molar-refractivity contribution in [3.05, 3.63) is 24.2 Å². The maximum atomic E-state index is 12.9. The molecule has 3 nitrogen and oxygen atoms in total. The molecule has 0 fully saturated rings. The molecule has 0 aliphatic carbocycles. The molecule has 0 aliphatic rings. The average molecular weight is 282 g/mol. The highest BCUT2D eigenvalue weighted by atomic mass is 19.3. The molecule has 0 atom stereocenters. The number of halogens is 4. The molecule has 0 amide bonds. The summed E-state index contributed by atoms with van der Waals surface area (Å²) in [6.07, 6.45) is 0.259. The van der Waals surface area contributed by atoms with E-state index < -0.39 is 24.2 Å². The Morgan fingerprint density at radius 1 is 1.32 bits per heavy atom. The summed E-state index contributed by atoms with van der Waals surface area (Å²) in [5.41, 5.74) is 0. The summed E-state index contributed by atoms with van der Waals surface area (Å²) in [4.78, 5) is 11.2. The molecule has 0 aliphatic heterocycles. The van der Waals surface area contributed by atoms with Gasteiger partial charge in [0, 0.05) is 13.3 Å². The Morgan fingerprint density at radius 2 is 2.00 bits per heavy atom. The molecule has 0 N–H and O–H groups in total. The first kappa shape index (κ1) is 15.5. The Hall–Kier alpha value is -1.53. The molecule has 108 valence electrons. The molecule has 1 heterocycles. The quantitative estimate of drug-likeness (QED) is 0.432. The van der Waals surface area contributed by atoms with Crippen molar-refractivity contribution >= 4 is 5.97 Å². The molecule has 0 saturated carbocycles. The van der Waals surface area contributed by atoms with Crippen LogP contribution in [0.2, 0.25) is 0 Å². The third kappa shape index (κ3) is 4.57. The third-order valence-electron chi connectivity index (χ3n) is 2.48. The smallest absolute Gasteiger partial charge is 0.374 e. The number of carbonyl (C=O) groups excluding carboxylic acids is 1. The monoisotopic (exact) mass is 282 g/mol. The highest BCUT2D eigenvalue weighted by Gasteiger charge is 2.51. The van der Waals surface area contributed by atoms with E-state index in [9.17, 15) is 22.4 Å². The van der Waals surface area contributed by atoms with E-state index in [0.717, 1.165) is 0 Å². The van der Waals surface area contributed by atoms with Gasteiger partial charge in [-0.2, -0.15) is 8.78 Å². The summed E-state index contributed by atoms with van der Waals surface area (Å²) in [7, 11) is 0. The maximum absolute atomic E-state index is 12.9. The van der Waals surface area contributed by atoms with Gasteiger partial charge in [-0.3, -0.25) is 0 Å². The largest absolute Gasteiger partial charge is 0.460 e. The minimum atomic E-state index is -4.04. The lowest BCUT2D eigenvalue weighted by atomic mass is 10.1. The van der Waals surface area contributed by atoms with Gasteiger partial charge in [-0.05, 0) is 25.0 Å². The molecule has 19 heavy (non-hydrogen) atoms. The zero-order chi connectivity index (χ0) is 14.5. The molecule has 1 rings (SSSR count). The Bertz CT molecular complexity index is 396. The van der Waals surface area contributed by atoms with Crippen molar-refractivity contribution in [3.8, 4) is 0 Å². The molecule has 0 radical (unpaired) electrons. The van der Waals surface area contributed by atoms with Crippen LogP contribution >= 0.6 is 0 Å². The standard InChI is InChI=1S/C12H14F4O3/c1-11(13,14)12(15,16)6-2-3-7-19-10(17)9-5-4-8-18-9/h4-5,8H,2-3,6-7H2,1H3. The molecular formula is C12H14F4O3. The highest BCUT2D eigenvalue weighted by molar-refractivity contribution is 5.86. The molecule has 0 spiro atoms. The number of rotatable bonds is 7. The van der Waals surface area contributed by atoms with E-state index in [4.69, 9.17) is 9.15 Å². The van der Waals surface area contributed by atoms with Gasteiger partial charge in [0.2, 0.25) is 5.76 Å². The minimum absolute atomic E-state index is 0.00502. The van der Waals surface area contributed by atoms with Gasteiger partial charge in [0.25, 0.3) is 0 Å². The second-order valence-electron chi connectivity index (χ2n) is 4.16. The van der Waals surface area contributed by atoms with Crippen LogP contribution in [0.5, 0.6) is 0 Å². The lowest BCUT2D eigenvalue weighted by Gasteiger charge is -2.22. The number of carbonyl (C=O) groups is 1. The maximum Gasteiger partial charge on any atom is 0.374 e. The predicted molar refractivity (Wildman–Crippen MR) is 58.4 cm³/mol. The third-order valence-corrected chi connectivity index (χ3v) is 2.48. The van der Waals surface area contributed by atoms with Gasteiger partial charge in [0.05, 0.1) is 12.9 Å². The molecule has 0 unspecified atom stereocenters. The van der Waals surface area contributed by atoms with Crippen LogP contribution in [-0.4, -0.2) is 24.4 Å². The SMILES string of the molecule is CC(F)(F)C(F)(F)CCCCOC(=O)c1ccco1. The van der Waals surface area contributed by atoms with Crippen LogP contribution in [-0.2, 0) is 4.74 Å². The molecule has 0 saturated heterocycles. The highest BCUT2D eigenvalue weighted by Crippen LogP contribution is 2.37. The van der Waals surface area contributed by atoms with Gasteiger partial charge in [0.1, 0.15) is 0 Å². The minimum Gasteiger partial charge on any atom is -0.460 e. The molecule has 0 aromatic carbocycles. The lowest BCUT2D eigenvalue weighted by molar-refractivity contribution is -0.201. The fourth-order valence-corrected chi connectivity index (χ4v) is 1.30. The lowest BCUT2D eigenvalue weighted by Crippen LogP contribution is -2.37. The molecule has 1 aromatic heterocycles. The van der Waals surface area contributed by atoms with E-state index in [0.29, 0.717) is 0 Å². The van der Waals surface area contributed by atoms with E-state index >= 15 is 0 Å². The number of hydrogen-bond donors (Lipinski definition) is 0. The van der Waals surface area contributed by atoms with Crippen molar-refractivity contribution in [2.75, 3.05) is 6.61 Å². The first-order valence-electron chi connectivity index (χ1n) is 5.70. The first-order chi connectivity index (χ1) is 8.74. The van der Waals surface area contributed by atoms with Crippen LogP contribution in [0.4, 0.5) is 17.6 Å². The molecule has 1 aromatic rings. The van der Waals surface area contributed by atoms with E-state index in [1.54, 1.807) is 0 Å². The summed E-state index contributed by atoms with van der Waals surface area (Å²) in [6, 6.07) is 2.90. The number of esters is 1. The average Bonchev–Trinajstić information content (AvgIpc) is 2.80. The Labute approximate surface area is 107 Å². The summed E-state index contributed by atoms with van der Waals surface area (Å²) >= 11 is 0. The van der Waals surface area contributed by atoms with E-state index in [2.05, 4.69) is 0 Å². The molecular weight excluding hydrogens is 268 g/mol. The van der Waals surface area contributed by atoms with Gasteiger partial charge < -0.3 is 9.15 Å². The van der Waals surface area contributed by atoms with Gasteiger partial charge >= 0.3 is 17.8 Å². The van der Waals surface area contributed by atoms with Gasteiger partial charge in [-0.1, -0.05) is 0 Å². The first-order valence-corrected chi connectivity index (χ1v) is 5.70. The summed E-state index contributed by atoms with van der Waals surface area (Å²) < 4.78 is 60.2. The Kier molecular flexibility index (Phi) is 4.97. The van der Waals surface area contributed by atoms with Gasteiger partial charge in [-0.15, -0.1) is 0 Å². The number of ether oxygens (including phenoxy) is 1. The zero-order valence-electron chi connectivity index (χ0n) is 10.3. The van der Waals surface area contributed by atoms with Crippen molar-refractivity contribution < 1.29 is 31.5 Å². The van der Waals surface area contributed by atoms with Crippen LogP contribution in [0.15, 0.2) is 22.8 Å². The van der Waals surface area contributed by atoms with Crippen LogP contribution in [0.3, 0.4) is 0 Å². The summed E-state index contributed by atoms with van der Waals surface area (Å²) in [5.74, 6) is -8.79. The van der Waals surface area contributed by atoms with E-state index in [1.165, 1.54) is 18.4 Å². The number of hydrogen-bond acceptors (Lipinski definition) is 3. The fourth-order valence-electron chi connectivity index (χ4n) is 1.30. The molecule has 7 heteroatoms. The van der Waals surface area contributed by atoms with Crippen molar-refractivity contribution in [1.82, 2.24) is 0 Å². The number of unbranched alkanes of at least 4 members (excludes halogenated alkanes) is 1. The number of alkyl halides is 4. The zero-order valence-corrected chi connectivity index (χ0v) is 10.3. The van der Waals surface area contributed by atoms with Gasteiger partial charge in [0.15, 0.2) is 0 Å². The summed E-state index contributed by atoms with van der Waals surface area (Å²) in [6.45, 7) is 0.0643. The van der Waals surface area contributed by atoms with E-state index in [-0.39, 0.29) is 32.1 Å². The van der Waals surface area contributed by atoms with Crippen LogP contribution in [0, 0.1) is 0 Å². The predicted octanol–water partition coefficient (Wildman–Crippen LogP) is 3.90. The van der Waals surface area contributed by atoms with Crippen LogP contribution in [0.1, 0.15) is 36.7 Å². The molecule has 0 bridgehead atoms. The summed E-state index contributed by atoms with van der Waals surface area (Å²) in [5, 5.41) is 0.